The third-order valence-corrected chi connectivity index (χ3v) is 9.21. The van der Waals surface area contributed by atoms with Crippen LogP contribution in [-0.4, -0.2) is 0 Å². The molecule has 0 saturated carbocycles. The molecule has 0 aliphatic heterocycles. The van der Waals surface area contributed by atoms with Gasteiger partial charge in [0.1, 0.15) is 37.1 Å². The van der Waals surface area contributed by atoms with E-state index in [2.05, 4.69) is 138 Å². The Balaban J connectivity index is 1.77. The molecule has 0 aliphatic rings. The van der Waals surface area contributed by atoms with Crippen LogP contribution in [0.2, 0.25) is 0 Å². The highest BCUT2D eigenvalue weighted by atomic mass is 16.5. The van der Waals surface area contributed by atoms with Gasteiger partial charge < -0.3 is 14.2 Å². The highest BCUT2D eigenvalue weighted by Gasteiger charge is 2.21. The molecule has 0 spiro atoms. The van der Waals surface area contributed by atoms with Gasteiger partial charge in [-0.05, 0) is 144 Å². The van der Waals surface area contributed by atoms with Gasteiger partial charge in [0.05, 0.1) is 0 Å². The molecule has 4 rings (SSSR count). The van der Waals surface area contributed by atoms with Gasteiger partial charge in [-0.15, -0.1) is 0 Å². The van der Waals surface area contributed by atoms with Crippen LogP contribution in [0.1, 0.15) is 126 Å². The second kappa shape index (κ2) is 14.6. The van der Waals surface area contributed by atoms with Crippen molar-refractivity contribution in [2.24, 2.45) is 0 Å². The number of ether oxygens (including phenoxy) is 3. The minimum absolute atomic E-state index is 0.377. The quantitative estimate of drug-likeness (QED) is 0.161. The third-order valence-electron chi connectivity index (χ3n) is 9.21. The second-order valence-corrected chi connectivity index (χ2v) is 13.8. The van der Waals surface area contributed by atoms with Crippen molar-refractivity contribution < 1.29 is 14.2 Å². The average molecular weight is 607 g/mol. The zero-order valence-corrected chi connectivity index (χ0v) is 29.8. The predicted molar refractivity (Wildman–Crippen MR) is 189 cm³/mol. The van der Waals surface area contributed by atoms with E-state index < -0.39 is 0 Å². The van der Waals surface area contributed by atoms with Gasteiger partial charge in [-0.1, -0.05) is 77.9 Å². The molecule has 0 heterocycles. The first kappa shape index (κ1) is 34.2. The van der Waals surface area contributed by atoms with Gasteiger partial charge >= 0.3 is 0 Å². The minimum atomic E-state index is 0.377. The number of benzene rings is 4. The van der Waals surface area contributed by atoms with Crippen molar-refractivity contribution in [2.75, 3.05) is 0 Å². The van der Waals surface area contributed by atoms with Gasteiger partial charge in [0.2, 0.25) is 0 Å². The Bertz CT molecular complexity index is 1430. The lowest BCUT2D eigenvalue weighted by atomic mass is 9.88. The standard InChI is InChI=1S/C42H54O3/c1-25(2)34-16-13-28(7)19-40(34)43-22-37-31(10)38(23-44-41-20-29(8)14-17-35(41)26(3)4)33(12)39(32(37)11)24-45-42-21-30(9)15-18-36(42)27(5)6/h13-21,25-27H,22-24H2,1-12H3. The number of aryl methyl sites for hydroxylation is 3. The zero-order valence-electron chi connectivity index (χ0n) is 29.8. The van der Waals surface area contributed by atoms with E-state index in [9.17, 15) is 0 Å². The summed E-state index contributed by atoms with van der Waals surface area (Å²) in [5, 5.41) is 0. The van der Waals surface area contributed by atoms with Crippen molar-refractivity contribution >= 4 is 0 Å². The highest BCUT2D eigenvalue weighted by molar-refractivity contribution is 5.51. The second-order valence-electron chi connectivity index (χ2n) is 13.8. The summed E-state index contributed by atoms with van der Waals surface area (Å²) in [6.07, 6.45) is 0. The van der Waals surface area contributed by atoms with Crippen LogP contribution >= 0.6 is 0 Å². The minimum Gasteiger partial charge on any atom is -0.489 e. The third kappa shape index (κ3) is 7.93. The molecule has 0 aromatic heterocycles. The molecular formula is C42H54O3. The summed E-state index contributed by atoms with van der Waals surface area (Å²) < 4.78 is 20.0. The molecule has 240 valence electrons. The predicted octanol–water partition coefficient (Wildman–Crippen LogP) is 11.6. The Labute approximate surface area is 273 Å². The summed E-state index contributed by atoms with van der Waals surface area (Å²) in [5.41, 5.74) is 14.6. The molecular weight excluding hydrogens is 552 g/mol. The molecule has 0 bridgehead atoms. The van der Waals surface area contributed by atoms with Gasteiger partial charge in [-0.3, -0.25) is 0 Å². The maximum atomic E-state index is 6.65. The summed E-state index contributed by atoms with van der Waals surface area (Å²) in [6, 6.07) is 19.6. The molecule has 4 aromatic rings. The van der Waals surface area contributed by atoms with Crippen molar-refractivity contribution in [3.63, 3.8) is 0 Å². The fraction of sp³-hybridized carbons (Fsp3) is 0.429. The smallest absolute Gasteiger partial charge is 0.123 e. The maximum Gasteiger partial charge on any atom is 0.123 e. The largest absolute Gasteiger partial charge is 0.489 e. The Morgan fingerprint density at radius 1 is 0.400 bits per heavy atom. The van der Waals surface area contributed by atoms with E-state index in [1.54, 1.807) is 0 Å². The van der Waals surface area contributed by atoms with Crippen LogP contribution < -0.4 is 14.2 Å². The molecule has 0 N–H and O–H groups in total. The number of hydrogen-bond acceptors (Lipinski definition) is 3. The molecule has 4 aromatic carbocycles. The van der Waals surface area contributed by atoms with Crippen LogP contribution in [0.15, 0.2) is 54.6 Å². The SMILES string of the molecule is Cc1ccc(C(C)C)c(OCc2c(C)c(COc3cc(C)ccc3C(C)C)c(C)c(COc3cc(C)ccc3C(C)C)c2C)c1. The molecule has 0 saturated heterocycles. The van der Waals surface area contributed by atoms with Crippen LogP contribution in [0.5, 0.6) is 17.2 Å². The number of rotatable bonds is 12. The van der Waals surface area contributed by atoms with Crippen molar-refractivity contribution in [1.82, 2.24) is 0 Å². The lowest BCUT2D eigenvalue weighted by molar-refractivity contribution is 0.285. The molecule has 45 heavy (non-hydrogen) atoms. The molecule has 0 radical (unpaired) electrons. The summed E-state index contributed by atoms with van der Waals surface area (Å²) in [7, 11) is 0. The normalized spacial score (nSPS) is 11.5. The van der Waals surface area contributed by atoms with Gasteiger partial charge in [0.25, 0.3) is 0 Å². The summed E-state index contributed by atoms with van der Waals surface area (Å²) in [6.45, 7) is 27.8. The zero-order chi connectivity index (χ0) is 33.0. The van der Waals surface area contributed by atoms with E-state index in [-0.39, 0.29) is 0 Å². The van der Waals surface area contributed by atoms with Crippen molar-refractivity contribution in [2.45, 2.75) is 121 Å². The maximum absolute atomic E-state index is 6.65. The first-order valence-electron chi connectivity index (χ1n) is 16.6. The van der Waals surface area contributed by atoms with E-state index in [1.165, 1.54) is 66.8 Å². The van der Waals surface area contributed by atoms with Crippen molar-refractivity contribution in [3.05, 3.63) is 121 Å². The summed E-state index contributed by atoms with van der Waals surface area (Å²) in [5.74, 6) is 4.01. The van der Waals surface area contributed by atoms with E-state index in [4.69, 9.17) is 14.2 Å². The van der Waals surface area contributed by atoms with Crippen LogP contribution in [0.3, 0.4) is 0 Å². The molecule has 0 amide bonds. The molecule has 3 nitrogen and oxygen atoms in total. The molecule has 0 atom stereocenters. The first-order valence-corrected chi connectivity index (χ1v) is 16.6. The van der Waals surface area contributed by atoms with E-state index in [1.807, 2.05) is 0 Å². The molecule has 0 unspecified atom stereocenters. The Morgan fingerprint density at radius 2 is 0.644 bits per heavy atom. The van der Waals surface area contributed by atoms with Crippen molar-refractivity contribution in [3.8, 4) is 17.2 Å². The summed E-state index contributed by atoms with van der Waals surface area (Å²) >= 11 is 0. The molecule has 0 aliphatic carbocycles. The highest BCUT2D eigenvalue weighted by Crippen LogP contribution is 2.35. The fourth-order valence-electron chi connectivity index (χ4n) is 6.22. The van der Waals surface area contributed by atoms with Crippen molar-refractivity contribution in [1.29, 1.82) is 0 Å². The van der Waals surface area contributed by atoms with Gasteiger partial charge in [-0.2, -0.15) is 0 Å². The first-order chi connectivity index (χ1) is 21.3. The number of hydrogen-bond donors (Lipinski definition) is 0. The molecule has 0 fully saturated rings. The van der Waals surface area contributed by atoms with Crippen LogP contribution in [0.4, 0.5) is 0 Å². The topological polar surface area (TPSA) is 27.7 Å². The van der Waals surface area contributed by atoms with Gasteiger partial charge in [0.15, 0.2) is 0 Å². The lowest BCUT2D eigenvalue weighted by Gasteiger charge is -2.25. The Morgan fingerprint density at radius 3 is 0.867 bits per heavy atom. The van der Waals surface area contributed by atoms with Crippen LogP contribution in [0, 0.1) is 41.5 Å². The van der Waals surface area contributed by atoms with E-state index in [0.29, 0.717) is 37.6 Å². The van der Waals surface area contributed by atoms with E-state index in [0.717, 1.165) is 17.2 Å². The van der Waals surface area contributed by atoms with Crippen LogP contribution in [0.25, 0.3) is 0 Å². The van der Waals surface area contributed by atoms with Gasteiger partial charge in [-0.25, -0.2) is 0 Å². The van der Waals surface area contributed by atoms with E-state index >= 15 is 0 Å². The lowest BCUT2D eigenvalue weighted by Crippen LogP contribution is -2.14. The fourth-order valence-corrected chi connectivity index (χ4v) is 6.22. The monoisotopic (exact) mass is 606 g/mol. The van der Waals surface area contributed by atoms with Crippen LogP contribution in [-0.2, 0) is 19.8 Å². The molecule has 3 heteroatoms. The van der Waals surface area contributed by atoms with Gasteiger partial charge in [0, 0.05) is 0 Å². The summed E-state index contributed by atoms with van der Waals surface area (Å²) in [4.78, 5) is 0. The Hall–Kier alpha value is -3.72. The average Bonchev–Trinajstić information content (AvgIpc) is 2.96. The Kier molecular flexibility index (Phi) is 11.1.